The molecule has 1 heterocycles. The van der Waals surface area contributed by atoms with Gasteiger partial charge in [0.05, 0.1) is 0 Å². The Morgan fingerprint density at radius 3 is 2.55 bits per heavy atom. The molecular formula is C16H21N3O. The minimum atomic E-state index is 0.381. The lowest BCUT2D eigenvalue weighted by Gasteiger charge is -2.12. The smallest absolute Gasteiger partial charge is 0.168 e. The fraction of sp³-hybridized carbons (Fsp3) is 0.375. The zero-order valence-electron chi connectivity index (χ0n) is 12.3. The van der Waals surface area contributed by atoms with Gasteiger partial charge in [-0.25, -0.2) is 9.97 Å². The van der Waals surface area contributed by atoms with Gasteiger partial charge in [-0.05, 0) is 32.4 Å². The second kappa shape index (κ2) is 6.89. The molecule has 2 rings (SSSR count). The summed E-state index contributed by atoms with van der Waals surface area (Å²) in [5.41, 5.74) is 2.09. The molecule has 0 aliphatic carbocycles. The molecule has 0 saturated carbocycles. The van der Waals surface area contributed by atoms with E-state index in [1.165, 1.54) is 0 Å². The second-order valence-corrected chi connectivity index (χ2v) is 4.73. The largest absolute Gasteiger partial charge is 0.486 e. The second-order valence-electron chi connectivity index (χ2n) is 4.73. The molecule has 1 aromatic heterocycles. The van der Waals surface area contributed by atoms with E-state index in [9.17, 15) is 0 Å². The van der Waals surface area contributed by atoms with Crippen LogP contribution in [0.5, 0.6) is 5.75 Å². The van der Waals surface area contributed by atoms with Crippen molar-refractivity contribution in [3.63, 3.8) is 0 Å². The highest BCUT2D eigenvalue weighted by Crippen LogP contribution is 2.16. The number of rotatable bonds is 6. The topological polar surface area (TPSA) is 47.0 Å². The quantitative estimate of drug-likeness (QED) is 0.873. The lowest BCUT2D eigenvalue weighted by molar-refractivity contribution is 0.295. The summed E-state index contributed by atoms with van der Waals surface area (Å²) < 4.78 is 5.69. The summed E-state index contributed by atoms with van der Waals surface area (Å²) in [6, 6.07) is 9.72. The normalized spacial score (nSPS) is 10.3. The minimum Gasteiger partial charge on any atom is -0.486 e. The van der Waals surface area contributed by atoms with E-state index in [4.69, 9.17) is 4.74 Å². The molecular weight excluding hydrogens is 250 g/mol. The average Bonchev–Trinajstić information content (AvgIpc) is 2.48. The third-order valence-electron chi connectivity index (χ3n) is 3.09. The summed E-state index contributed by atoms with van der Waals surface area (Å²) >= 11 is 0. The van der Waals surface area contributed by atoms with Crippen molar-refractivity contribution in [3.8, 4) is 5.75 Å². The van der Waals surface area contributed by atoms with Crippen LogP contribution >= 0.6 is 0 Å². The van der Waals surface area contributed by atoms with Gasteiger partial charge < -0.3 is 10.1 Å². The Morgan fingerprint density at radius 2 is 1.85 bits per heavy atom. The third kappa shape index (κ3) is 3.70. The van der Waals surface area contributed by atoms with Gasteiger partial charge in [0.2, 0.25) is 0 Å². The van der Waals surface area contributed by atoms with Crippen LogP contribution in [0.3, 0.4) is 0 Å². The van der Waals surface area contributed by atoms with Gasteiger partial charge >= 0.3 is 0 Å². The summed E-state index contributed by atoms with van der Waals surface area (Å²) in [4.78, 5) is 9.02. The maximum absolute atomic E-state index is 5.69. The molecule has 2 aromatic rings. The Balaban J connectivity index is 2.09. The first kappa shape index (κ1) is 14.3. The van der Waals surface area contributed by atoms with Gasteiger partial charge in [-0.15, -0.1) is 0 Å². The highest BCUT2D eigenvalue weighted by Gasteiger charge is 2.08. The van der Waals surface area contributed by atoms with Crippen molar-refractivity contribution >= 4 is 5.82 Å². The van der Waals surface area contributed by atoms with Crippen LogP contribution in [0, 0.1) is 13.8 Å². The highest BCUT2D eigenvalue weighted by molar-refractivity contribution is 5.45. The van der Waals surface area contributed by atoms with E-state index in [1.807, 2.05) is 44.2 Å². The SMILES string of the molecule is CCCNc1nc(COc2ccccc2)nc(C)c1C. The Kier molecular flexibility index (Phi) is 4.93. The van der Waals surface area contributed by atoms with Gasteiger partial charge in [0.25, 0.3) is 0 Å². The molecule has 0 amide bonds. The lowest BCUT2D eigenvalue weighted by atomic mass is 10.2. The van der Waals surface area contributed by atoms with E-state index in [0.717, 1.165) is 35.8 Å². The summed E-state index contributed by atoms with van der Waals surface area (Å²) in [5.74, 6) is 2.44. The molecule has 0 aliphatic heterocycles. The zero-order chi connectivity index (χ0) is 14.4. The van der Waals surface area contributed by atoms with Crippen molar-refractivity contribution in [2.24, 2.45) is 0 Å². The van der Waals surface area contributed by atoms with Crippen molar-refractivity contribution in [2.45, 2.75) is 33.8 Å². The molecule has 0 bridgehead atoms. The Morgan fingerprint density at radius 1 is 1.10 bits per heavy atom. The molecule has 4 nitrogen and oxygen atoms in total. The number of hydrogen-bond acceptors (Lipinski definition) is 4. The maximum atomic E-state index is 5.69. The van der Waals surface area contributed by atoms with Crippen LogP contribution in [0.1, 0.15) is 30.4 Å². The van der Waals surface area contributed by atoms with Gasteiger partial charge in [-0.2, -0.15) is 0 Å². The van der Waals surface area contributed by atoms with Gasteiger partial charge in [0.15, 0.2) is 5.82 Å². The molecule has 0 unspecified atom stereocenters. The lowest BCUT2D eigenvalue weighted by Crippen LogP contribution is -2.10. The van der Waals surface area contributed by atoms with Gasteiger partial charge in [0.1, 0.15) is 18.2 Å². The van der Waals surface area contributed by atoms with E-state index < -0.39 is 0 Å². The first-order chi connectivity index (χ1) is 9.70. The summed E-state index contributed by atoms with van der Waals surface area (Å²) in [7, 11) is 0. The molecule has 106 valence electrons. The van der Waals surface area contributed by atoms with E-state index in [0.29, 0.717) is 12.4 Å². The molecule has 1 N–H and O–H groups in total. The average molecular weight is 271 g/mol. The van der Waals surface area contributed by atoms with Crippen LogP contribution in [-0.2, 0) is 6.61 Å². The highest BCUT2D eigenvalue weighted by atomic mass is 16.5. The molecule has 4 heteroatoms. The summed E-state index contributed by atoms with van der Waals surface area (Å²) in [6.07, 6.45) is 1.07. The van der Waals surface area contributed by atoms with Crippen LogP contribution < -0.4 is 10.1 Å². The standard InChI is InChI=1S/C16H21N3O/c1-4-10-17-16-12(2)13(3)18-15(19-16)11-20-14-8-6-5-7-9-14/h5-9H,4,10-11H2,1-3H3,(H,17,18,19). The number of aromatic nitrogens is 2. The Bertz CT molecular complexity index is 555. The third-order valence-corrected chi connectivity index (χ3v) is 3.09. The predicted octanol–water partition coefficient (Wildman–Crippen LogP) is 3.49. The van der Waals surface area contributed by atoms with E-state index in [2.05, 4.69) is 22.2 Å². The molecule has 0 fully saturated rings. The fourth-order valence-corrected chi connectivity index (χ4v) is 1.83. The number of benzene rings is 1. The maximum Gasteiger partial charge on any atom is 0.168 e. The van der Waals surface area contributed by atoms with Crippen LogP contribution in [0.4, 0.5) is 5.82 Å². The van der Waals surface area contributed by atoms with Gasteiger partial charge in [-0.1, -0.05) is 25.1 Å². The van der Waals surface area contributed by atoms with Crippen LogP contribution in [0.15, 0.2) is 30.3 Å². The number of aryl methyl sites for hydroxylation is 1. The number of nitrogens with one attached hydrogen (secondary N) is 1. The first-order valence-corrected chi connectivity index (χ1v) is 6.96. The number of hydrogen-bond donors (Lipinski definition) is 1. The van der Waals surface area contributed by atoms with Crippen LogP contribution in [-0.4, -0.2) is 16.5 Å². The zero-order valence-corrected chi connectivity index (χ0v) is 12.3. The summed E-state index contributed by atoms with van der Waals surface area (Å²) in [5, 5.41) is 3.34. The molecule has 0 saturated heterocycles. The van der Waals surface area contributed by atoms with E-state index in [-0.39, 0.29) is 0 Å². The number of nitrogens with zero attached hydrogens (tertiary/aromatic N) is 2. The van der Waals surface area contributed by atoms with Crippen LogP contribution in [0.2, 0.25) is 0 Å². The fourth-order valence-electron chi connectivity index (χ4n) is 1.83. The van der Waals surface area contributed by atoms with Crippen molar-refractivity contribution in [3.05, 3.63) is 47.4 Å². The molecule has 0 atom stereocenters. The van der Waals surface area contributed by atoms with Crippen molar-refractivity contribution in [2.75, 3.05) is 11.9 Å². The van der Waals surface area contributed by atoms with E-state index >= 15 is 0 Å². The monoisotopic (exact) mass is 271 g/mol. The van der Waals surface area contributed by atoms with Crippen molar-refractivity contribution in [1.29, 1.82) is 0 Å². The molecule has 20 heavy (non-hydrogen) atoms. The van der Waals surface area contributed by atoms with Crippen LogP contribution in [0.25, 0.3) is 0 Å². The van der Waals surface area contributed by atoms with Crippen molar-refractivity contribution in [1.82, 2.24) is 9.97 Å². The Labute approximate surface area is 120 Å². The summed E-state index contributed by atoms with van der Waals surface area (Å²) in [6.45, 7) is 7.47. The molecule has 0 spiro atoms. The number of para-hydroxylation sites is 1. The predicted molar refractivity (Wildman–Crippen MR) is 81.1 cm³/mol. The molecule has 1 aromatic carbocycles. The molecule has 0 radical (unpaired) electrons. The minimum absolute atomic E-state index is 0.381. The number of anilines is 1. The van der Waals surface area contributed by atoms with Gasteiger partial charge in [0, 0.05) is 17.8 Å². The van der Waals surface area contributed by atoms with E-state index in [1.54, 1.807) is 0 Å². The van der Waals surface area contributed by atoms with Gasteiger partial charge in [-0.3, -0.25) is 0 Å². The molecule has 0 aliphatic rings. The first-order valence-electron chi connectivity index (χ1n) is 6.96. The van der Waals surface area contributed by atoms with Crippen molar-refractivity contribution < 1.29 is 4.74 Å². The number of ether oxygens (including phenoxy) is 1. The Hall–Kier alpha value is -2.10.